The maximum absolute atomic E-state index is 11.7. The van der Waals surface area contributed by atoms with Crippen LogP contribution in [0.3, 0.4) is 0 Å². The minimum Gasteiger partial charge on any atom is -0.481 e. The van der Waals surface area contributed by atoms with Crippen molar-refractivity contribution in [3.63, 3.8) is 0 Å². The molecule has 1 aromatic heterocycles. The summed E-state index contributed by atoms with van der Waals surface area (Å²) in [6.07, 6.45) is 8.05. The second-order valence-corrected chi connectivity index (χ2v) is 11.0. The molecular formula is C26H34N4O3. The highest BCUT2D eigenvalue weighted by molar-refractivity contribution is 5.76. The van der Waals surface area contributed by atoms with E-state index in [9.17, 15) is 9.90 Å². The third kappa shape index (κ3) is 4.10. The molecule has 0 spiro atoms. The molecule has 2 aromatic rings. The second kappa shape index (κ2) is 8.20. The molecule has 1 saturated heterocycles. The summed E-state index contributed by atoms with van der Waals surface area (Å²) in [5, 5.41) is 17.8. The van der Waals surface area contributed by atoms with E-state index in [-0.39, 0.29) is 5.41 Å². The van der Waals surface area contributed by atoms with Crippen LogP contribution in [0, 0.1) is 5.41 Å². The average Bonchev–Trinajstić information content (AvgIpc) is 3.72. The highest BCUT2D eigenvalue weighted by Crippen LogP contribution is 2.49. The number of aromatic nitrogens is 2. The number of carboxylic acids is 1. The number of rotatable bonds is 9. The number of benzene rings is 1. The first-order chi connectivity index (χ1) is 16.1. The van der Waals surface area contributed by atoms with E-state index >= 15 is 0 Å². The number of carboxylic acid groups (broad SMARTS) is 1. The van der Waals surface area contributed by atoms with E-state index in [2.05, 4.69) is 45.7 Å². The van der Waals surface area contributed by atoms with Crippen LogP contribution in [0.25, 0.3) is 0 Å². The van der Waals surface area contributed by atoms with Crippen LogP contribution in [0.1, 0.15) is 80.5 Å². The largest absolute Gasteiger partial charge is 0.481 e. The lowest BCUT2D eigenvalue weighted by Gasteiger charge is -2.43. The van der Waals surface area contributed by atoms with Crippen molar-refractivity contribution >= 4 is 5.97 Å². The lowest BCUT2D eigenvalue weighted by Crippen LogP contribution is -2.49. The second-order valence-electron chi connectivity index (χ2n) is 11.0. The van der Waals surface area contributed by atoms with Gasteiger partial charge in [0.1, 0.15) is 0 Å². The number of hydrogen-bond acceptors (Lipinski definition) is 6. The summed E-state index contributed by atoms with van der Waals surface area (Å²) >= 11 is 0. The number of nitrogens with one attached hydrogen (secondary N) is 1. The summed E-state index contributed by atoms with van der Waals surface area (Å²) in [6, 6.07) is 11.3. The van der Waals surface area contributed by atoms with Crippen LogP contribution in [-0.2, 0) is 10.2 Å². The van der Waals surface area contributed by atoms with Crippen LogP contribution in [-0.4, -0.2) is 58.3 Å². The number of piperidine rings is 1. The summed E-state index contributed by atoms with van der Waals surface area (Å²) in [6.45, 7) is 3.43. The molecule has 6 rings (SSSR count). The molecule has 2 N–H and O–H groups in total. The zero-order chi connectivity index (χ0) is 22.5. The Hall–Kier alpha value is -2.25. The Balaban J connectivity index is 1.01. The van der Waals surface area contributed by atoms with Crippen molar-refractivity contribution in [2.75, 3.05) is 26.2 Å². The van der Waals surface area contributed by atoms with Gasteiger partial charge in [0, 0.05) is 36.4 Å². The maximum atomic E-state index is 11.7. The molecule has 0 amide bonds. The number of hydrogen-bond donors (Lipinski definition) is 2. The molecule has 3 aliphatic carbocycles. The fraction of sp³-hybridized carbons (Fsp3) is 0.654. The molecule has 0 bridgehead atoms. The third-order valence-corrected chi connectivity index (χ3v) is 8.72. The first-order valence-electron chi connectivity index (χ1n) is 12.7. The van der Waals surface area contributed by atoms with Gasteiger partial charge in [-0.15, -0.1) is 0 Å². The molecule has 33 heavy (non-hydrogen) atoms. The maximum Gasteiger partial charge on any atom is 0.310 e. The Kier molecular flexibility index (Phi) is 5.29. The Morgan fingerprint density at radius 3 is 2.55 bits per heavy atom. The van der Waals surface area contributed by atoms with Gasteiger partial charge in [0.25, 0.3) is 0 Å². The van der Waals surface area contributed by atoms with E-state index in [4.69, 9.17) is 9.51 Å². The molecule has 4 fully saturated rings. The molecule has 7 nitrogen and oxygen atoms in total. The summed E-state index contributed by atoms with van der Waals surface area (Å²) in [5.41, 5.74) is 0.973. The van der Waals surface area contributed by atoms with Crippen molar-refractivity contribution in [1.29, 1.82) is 0 Å². The van der Waals surface area contributed by atoms with Gasteiger partial charge in [-0.2, -0.15) is 4.98 Å². The number of likely N-dealkylation sites (tertiary alicyclic amines) is 1. The van der Waals surface area contributed by atoms with Crippen LogP contribution in [0.2, 0.25) is 0 Å². The van der Waals surface area contributed by atoms with E-state index in [1.807, 2.05) is 0 Å². The predicted octanol–water partition coefficient (Wildman–Crippen LogP) is 3.68. The van der Waals surface area contributed by atoms with Crippen LogP contribution in [0.15, 0.2) is 34.9 Å². The van der Waals surface area contributed by atoms with Crippen LogP contribution in [0.5, 0.6) is 0 Å². The molecule has 3 saturated carbocycles. The number of aliphatic carboxylic acids is 1. The molecule has 0 unspecified atom stereocenters. The lowest BCUT2D eigenvalue weighted by atomic mass is 9.68. The Bertz CT molecular complexity index is 990. The Labute approximate surface area is 194 Å². The molecular weight excluding hydrogens is 416 g/mol. The smallest absolute Gasteiger partial charge is 0.310 e. The third-order valence-electron chi connectivity index (χ3n) is 8.72. The molecule has 0 radical (unpaired) electrons. The van der Waals surface area contributed by atoms with E-state index in [1.165, 1.54) is 12.0 Å². The van der Waals surface area contributed by atoms with Crippen LogP contribution < -0.4 is 5.32 Å². The minimum absolute atomic E-state index is 0.0460. The van der Waals surface area contributed by atoms with Crippen LogP contribution >= 0.6 is 0 Å². The molecule has 1 aliphatic heterocycles. The van der Waals surface area contributed by atoms with Crippen molar-refractivity contribution in [3.05, 3.63) is 47.6 Å². The first kappa shape index (κ1) is 21.3. The van der Waals surface area contributed by atoms with Gasteiger partial charge in [0.15, 0.2) is 5.82 Å². The lowest BCUT2D eigenvalue weighted by molar-refractivity contribution is -0.156. The SMILES string of the molecule is O=C(O)C1(CN2CCC(c3nc(C4(CN[C@@H]5C[C@H]5c5ccccc5)CC4)no3)CC2)CCC1. The van der Waals surface area contributed by atoms with Gasteiger partial charge >= 0.3 is 5.97 Å². The molecule has 7 heteroatoms. The van der Waals surface area contributed by atoms with Crippen molar-refractivity contribution in [3.8, 4) is 0 Å². The highest BCUT2D eigenvalue weighted by Gasteiger charge is 2.50. The number of nitrogens with zero attached hydrogens (tertiary/aromatic N) is 3. The Morgan fingerprint density at radius 1 is 1.15 bits per heavy atom. The van der Waals surface area contributed by atoms with E-state index in [1.54, 1.807) is 0 Å². The average molecular weight is 451 g/mol. The molecule has 2 atom stereocenters. The highest BCUT2D eigenvalue weighted by atomic mass is 16.5. The molecule has 2 heterocycles. The zero-order valence-corrected chi connectivity index (χ0v) is 19.2. The monoisotopic (exact) mass is 450 g/mol. The topological polar surface area (TPSA) is 91.5 Å². The van der Waals surface area contributed by atoms with Crippen molar-refractivity contribution in [2.45, 2.75) is 74.7 Å². The first-order valence-corrected chi connectivity index (χ1v) is 12.7. The van der Waals surface area contributed by atoms with Gasteiger partial charge in [0.2, 0.25) is 5.89 Å². The zero-order valence-electron chi connectivity index (χ0n) is 19.2. The molecule has 4 aliphatic rings. The minimum atomic E-state index is -0.623. The summed E-state index contributed by atoms with van der Waals surface area (Å²) < 4.78 is 5.75. The van der Waals surface area contributed by atoms with Gasteiger partial charge in [-0.25, -0.2) is 0 Å². The predicted molar refractivity (Wildman–Crippen MR) is 123 cm³/mol. The van der Waals surface area contributed by atoms with Crippen molar-refractivity contribution < 1.29 is 14.4 Å². The quantitative estimate of drug-likeness (QED) is 0.602. The van der Waals surface area contributed by atoms with Gasteiger partial charge in [0.05, 0.1) is 5.41 Å². The van der Waals surface area contributed by atoms with Gasteiger partial charge < -0.3 is 19.8 Å². The Morgan fingerprint density at radius 2 is 1.91 bits per heavy atom. The molecule has 1 aromatic carbocycles. The standard InChI is InChI=1S/C26H34N4O3/c31-24(32)26(9-4-10-26)17-30-13-7-19(8-14-30)22-28-23(29-33-22)25(11-12-25)16-27-21-15-20(21)18-5-2-1-3-6-18/h1-3,5-6,19-21,27H,4,7-17H2,(H,31,32)/t20-,21+/m0/s1. The summed E-state index contributed by atoms with van der Waals surface area (Å²) in [4.78, 5) is 18.9. The van der Waals surface area contributed by atoms with Crippen molar-refractivity contribution in [1.82, 2.24) is 20.4 Å². The van der Waals surface area contributed by atoms with Crippen molar-refractivity contribution in [2.24, 2.45) is 5.41 Å². The van der Waals surface area contributed by atoms with Gasteiger partial charge in [-0.1, -0.05) is 41.9 Å². The normalized spacial score (nSPS) is 28.2. The summed E-state index contributed by atoms with van der Waals surface area (Å²) in [7, 11) is 0. The molecule has 176 valence electrons. The van der Waals surface area contributed by atoms with E-state index < -0.39 is 11.4 Å². The van der Waals surface area contributed by atoms with Crippen LogP contribution in [0.4, 0.5) is 0 Å². The fourth-order valence-electron chi connectivity index (χ4n) is 5.87. The van der Waals surface area contributed by atoms with Gasteiger partial charge in [-0.3, -0.25) is 4.79 Å². The van der Waals surface area contributed by atoms with Gasteiger partial charge in [-0.05, 0) is 63.6 Å². The number of carbonyl (C=O) groups is 1. The van der Waals surface area contributed by atoms with E-state index in [0.717, 1.165) is 76.3 Å². The summed E-state index contributed by atoms with van der Waals surface area (Å²) in [5.74, 6) is 1.96. The van der Waals surface area contributed by atoms with E-state index in [0.29, 0.717) is 24.4 Å². The fourth-order valence-corrected chi connectivity index (χ4v) is 5.87.